The van der Waals surface area contributed by atoms with Crippen molar-refractivity contribution in [3.63, 3.8) is 0 Å². The zero-order valence-corrected chi connectivity index (χ0v) is 12.5. The molecule has 0 bridgehead atoms. The van der Waals surface area contributed by atoms with Crippen LogP contribution in [0.4, 0.5) is 0 Å². The molecular weight excluding hydrogens is 270 g/mol. The highest BCUT2D eigenvalue weighted by molar-refractivity contribution is 6.30. The fourth-order valence-corrected chi connectivity index (χ4v) is 2.44. The third-order valence-electron chi connectivity index (χ3n) is 3.43. The number of benzene rings is 2. The van der Waals surface area contributed by atoms with Crippen molar-refractivity contribution in [3.05, 3.63) is 53.1 Å². The monoisotopic (exact) mass is 285 g/mol. The van der Waals surface area contributed by atoms with Crippen molar-refractivity contribution in [1.82, 2.24) is 5.16 Å². The van der Waals surface area contributed by atoms with Crippen LogP contribution in [0.3, 0.4) is 0 Å². The molecule has 3 rings (SSSR count). The average Bonchev–Trinajstić information content (AvgIpc) is 2.80. The van der Waals surface area contributed by atoms with E-state index < -0.39 is 0 Å². The normalized spacial score (nSPS) is 12.0. The second-order valence-electron chi connectivity index (χ2n) is 6.00. The number of nitrogens with zero attached hydrogens (tertiary/aromatic N) is 1. The number of hydrogen-bond acceptors (Lipinski definition) is 2. The van der Waals surface area contributed by atoms with Crippen LogP contribution in [0.25, 0.3) is 22.2 Å². The van der Waals surface area contributed by atoms with Gasteiger partial charge < -0.3 is 4.52 Å². The Kier molecular flexibility index (Phi) is 3.06. The summed E-state index contributed by atoms with van der Waals surface area (Å²) >= 11 is 6.05. The van der Waals surface area contributed by atoms with Gasteiger partial charge in [-0.25, -0.2) is 0 Å². The fourth-order valence-electron chi connectivity index (χ4n) is 2.25. The summed E-state index contributed by atoms with van der Waals surface area (Å²) in [7, 11) is 0. The molecule has 0 aliphatic heterocycles. The van der Waals surface area contributed by atoms with Gasteiger partial charge in [0.1, 0.15) is 5.52 Å². The van der Waals surface area contributed by atoms with Gasteiger partial charge in [-0.15, -0.1) is 0 Å². The Morgan fingerprint density at radius 1 is 1.05 bits per heavy atom. The number of rotatable bonds is 1. The van der Waals surface area contributed by atoms with Crippen LogP contribution in [0.5, 0.6) is 0 Å². The van der Waals surface area contributed by atoms with Crippen molar-refractivity contribution < 1.29 is 4.52 Å². The zero-order valence-electron chi connectivity index (χ0n) is 11.8. The Bertz CT molecular complexity index is 768. The first-order chi connectivity index (χ1) is 9.45. The lowest BCUT2D eigenvalue weighted by Crippen LogP contribution is -2.10. The van der Waals surface area contributed by atoms with Crippen LogP contribution < -0.4 is 0 Å². The molecule has 102 valence electrons. The number of hydrogen-bond donors (Lipinski definition) is 0. The second-order valence-corrected chi connectivity index (χ2v) is 6.44. The molecule has 0 amide bonds. The maximum Gasteiger partial charge on any atom is 0.174 e. The van der Waals surface area contributed by atoms with Gasteiger partial charge in [-0.2, -0.15) is 0 Å². The molecule has 0 aliphatic rings. The first-order valence-electron chi connectivity index (χ1n) is 6.61. The van der Waals surface area contributed by atoms with Gasteiger partial charge in [-0.3, -0.25) is 0 Å². The van der Waals surface area contributed by atoms with E-state index in [1.807, 2.05) is 30.3 Å². The quantitative estimate of drug-likeness (QED) is 0.594. The van der Waals surface area contributed by atoms with Gasteiger partial charge >= 0.3 is 0 Å². The minimum absolute atomic E-state index is 0.0943. The molecule has 0 unspecified atom stereocenters. The first-order valence-corrected chi connectivity index (χ1v) is 6.99. The van der Waals surface area contributed by atoms with Gasteiger partial charge in [0, 0.05) is 16.0 Å². The molecule has 2 aromatic carbocycles. The molecule has 0 spiro atoms. The minimum atomic E-state index is 0.0943. The topological polar surface area (TPSA) is 26.0 Å². The van der Waals surface area contributed by atoms with Crippen molar-refractivity contribution in [3.8, 4) is 11.3 Å². The van der Waals surface area contributed by atoms with Crippen molar-refractivity contribution in [2.45, 2.75) is 26.2 Å². The Labute approximate surface area is 123 Å². The van der Waals surface area contributed by atoms with E-state index in [1.54, 1.807) is 0 Å². The van der Waals surface area contributed by atoms with E-state index in [-0.39, 0.29) is 5.41 Å². The smallest absolute Gasteiger partial charge is 0.174 e. The van der Waals surface area contributed by atoms with Crippen LogP contribution >= 0.6 is 11.6 Å². The maximum absolute atomic E-state index is 6.05. The highest BCUT2D eigenvalue weighted by Gasteiger charge is 2.17. The van der Waals surface area contributed by atoms with Crippen LogP contribution in [0.2, 0.25) is 5.02 Å². The van der Waals surface area contributed by atoms with Crippen LogP contribution in [0.15, 0.2) is 47.0 Å². The third kappa shape index (κ3) is 2.32. The molecule has 20 heavy (non-hydrogen) atoms. The SMILES string of the molecule is CC(C)(C)c1ccc2noc(-c3cccc(Cl)c3)c2c1. The predicted octanol–water partition coefficient (Wildman–Crippen LogP) is 5.45. The molecule has 0 saturated carbocycles. The van der Waals surface area contributed by atoms with E-state index in [0.717, 1.165) is 22.2 Å². The van der Waals surface area contributed by atoms with Crippen molar-refractivity contribution in [2.24, 2.45) is 0 Å². The van der Waals surface area contributed by atoms with E-state index in [4.69, 9.17) is 16.1 Å². The average molecular weight is 286 g/mol. The van der Waals surface area contributed by atoms with Crippen LogP contribution in [-0.4, -0.2) is 5.16 Å². The molecule has 0 N–H and O–H groups in total. The van der Waals surface area contributed by atoms with Gasteiger partial charge in [0.2, 0.25) is 0 Å². The van der Waals surface area contributed by atoms with Gasteiger partial charge in [-0.1, -0.05) is 55.7 Å². The lowest BCUT2D eigenvalue weighted by molar-refractivity contribution is 0.441. The number of aromatic nitrogens is 1. The van der Waals surface area contributed by atoms with Gasteiger partial charge in [0.25, 0.3) is 0 Å². The molecule has 0 saturated heterocycles. The van der Waals surface area contributed by atoms with E-state index in [9.17, 15) is 0 Å². The summed E-state index contributed by atoms with van der Waals surface area (Å²) in [5, 5.41) is 5.85. The van der Waals surface area contributed by atoms with E-state index in [1.165, 1.54) is 5.56 Å². The molecule has 0 atom stereocenters. The molecule has 0 fully saturated rings. The molecule has 1 aromatic heterocycles. The van der Waals surface area contributed by atoms with E-state index in [2.05, 4.69) is 38.1 Å². The summed E-state index contributed by atoms with van der Waals surface area (Å²) in [5.41, 5.74) is 3.17. The van der Waals surface area contributed by atoms with E-state index >= 15 is 0 Å². The van der Waals surface area contributed by atoms with E-state index in [0.29, 0.717) is 5.02 Å². The molecule has 3 aromatic rings. The summed E-state index contributed by atoms with van der Waals surface area (Å²) < 4.78 is 5.52. The highest BCUT2D eigenvalue weighted by atomic mass is 35.5. The first kappa shape index (κ1) is 13.2. The lowest BCUT2D eigenvalue weighted by Gasteiger charge is -2.18. The third-order valence-corrected chi connectivity index (χ3v) is 3.66. The van der Waals surface area contributed by atoms with Crippen molar-refractivity contribution in [1.29, 1.82) is 0 Å². The molecule has 2 nitrogen and oxygen atoms in total. The van der Waals surface area contributed by atoms with Gasteiger partial charge in [0.05, 0.1) is 0 Å². The Morgan fingerprint density at radius 3 is 2.55 bits per heavy atom. The van der Waals surface area contributed by atoms with Crippen molar-refractivity contribution in [2.75, 3.05) is 0 Å². The van der Waals surface area contributed by atoms with Crippen molar-refractivity contribution >= 4 is 22.5 Å². The van der Waals surface area contributed by atoms with Crippen LogP contribution in [-0.2, 0) is 5.41 Å². The Hall–Kier alpha value is -1.80. The summed E-state index contributed by atoms with van der Waals surface area (Å²) in [6.45, 7) is 6.59. The summed E-state index contributed by atoms with van der Waals surface area (Å²) in [5.74, 6) is 0.772. The summed E-state index contributed by atoms with van der Waals surface area (Å²) in [6, 6.07) is 13.9. The minimum Gasteiger partial charge on any atom is -0.355 e. The standard InChI is InChI=1S/C17H16ClNO/c1-17(2,3)12-7-8-15-14(10-12)16(20-19-15)11-5-4-6-13(18)9-11/h4-10H,1-3H3. The number of halogens is 1. The Morgan fingerprint density at radius 2 is 1.85 bits per heavy atom. The molecule has 0 aliphatic carbocycles. The predicted molar refractivity (Wildman–Crippen MR) is 83.2 cm³/mol. The second kappa shape index (κ2) is 4.64. The van der Waals surface area contributed by atoms with Crippen LogP contribution in [0.1, 0.15) is 26.3 Å². The van der Waals surface area contributed by atoms with Gasteiger partial charge in [-0.05, 0) is 35.2 Å². The number of fused-ring (bicyclic) bond motifs is 1. The highest BCUT2D eigenvalue weighted by Crippen LogP contribution is 2.33. The van der Waals surface area contributed by atoms with Gasteiger partial charge in [0.15, 0.2) is 5.76 Å². The Balaban J connectivity index is 2.22. The molecule has 1 heterocycles. The van der Waals surface area contributed by atoms with Crippen LogP contribution in [0, 0.1) is 0 Å². The lowest BCUT2D eigenvalue weighted by atomic mass is 9.86. The fraction of sp³-hybridized carbons (Fsp3) is 0.235. The molecule has 0 radical (unpaired) electrons. The molecular formula is C17H16ClNO. The summed E-state index contributed by atoms with van der Waals surface area (Å²) in [6.07, 6.45) is 0. The maximum atomic E-state index is 6.05. The molecule has 3 heteroatoms. The largest absolute Gasteiger partial charge is 0.355 e. The zero-order chi connectivity index (χ0) is 14.3. The summed E-state index contributed by atoms with van der Waals surface area (Å²) in [4.78, 5) is 0.